The van der Waals surface area contributed by atoms with Gasteiger partial charge in [0.25, 0.3) is 0 Å². The van der Waals surface area contributed by atoms with Gasteiger partial charge in [0.05, 0.1) is 6.42 Å². The van der Waals surface area contributed by atoms with Gasteiger partial charge < -0.3 is 25.6 Å². The monoisotopic (exact) mass is 424 g/mol. The van der Waals surface area contributed by atoms with Crippen LogP contribution in [0.5, 0.6) is 0 Å². The van der Waals surface area contributed by atoms with E-state index in [0.29, 0.717) is 18.6 Å². The topological polar surface area (TPSA) is 111 Å². The Morgan fingerprint density at radius 2 is 1.60 bits per heavy atom. The molecule has 0 amide bonds. The first kappa shape index (κ1) is 24.8. The van der Waals surface area contributed by atoms with Crippen molar-refractivity contribution < 1.29 is 24.2 Å². The Bertz CT molecular complexity index is 552. The number of nitrogens with two attached hydrogens (primary N) is 1. The van der Waals surface area contributed by atoms with E-state index in [9.17, 15) is 14.7 Å². The molecular weight excluding hydrogens is 384 g/mol. The second kappa shape index (κ2) is 13.1. The summed E-state index contributed by atoms with van der Waals surface area (Å²) in [6.45, 7) is 5.17. The first-order valence-corrected chi connectivity index (χ1v) is 11.5. The van der Waals surface area contributed by atoms with Crippen LogP contribution in [-0.4, -0.2) is 55.0 Å². The second-order valence-electron chi connectivity index (χ2n) is 9.15. The van der Waals surface area contributed by atoms with Crippen molar-refractivity contribution in [3.05, 3.63) is 12.2 Å². The minimum atomic E-state index is -1.03. The number of esters is 2. The Labute approximate surface area is 180 Å². The predicted octanol–water partition coefficient (Wildman–Crippen LogP) is 2.46. The summed E-state index contributed by atoms with van der Waals surface area (Å²) in [4.78, 5) is 23.1. The summed E-state index contributed by atoms with van der Waals surface area (Å²) in [5.74, 6) is 0.778. The van der Waals surface area contributed by atoms with Gasteiger partial charge in [-0.05, 0) is 76.5 Å². The van der Waals surface area contributed by atoms with Crippen molar-refractivity contribution in [3.8, 4) is 0 Å². The van der Waals surface area contributed by atoms with Crippen LogP contribution in [0.1, 0.15) is 71.1 Å². The third-order valence-electron chi connectivity index (χ3n) is 6.36. The van der Waals surface area contributed by atoms with E-state index in [0.717, 1.165) is 11.8 Å². The van der Waals surface area contributed by atoms with Gasteiger partial charge in [-0.3, -0.25) is 4.79 Å². The van der Waals surface area contributed by atoms with E-state index in [1.165, 1.54) is 64.7 Å². The van der Waals surface area contributed by atoms with Crippen LogP contribution in [0.15, 0.2) is 12.2 Å². The number of hydrogen-bond donors (Lipinski definition) is 3. The fourth-order valence-corrected chi connectivity index (χ4v) is 4.48. The van der Waals surface area contributed by atoms with Crippen LogP contribution in [0.3, 0.4) is 0 Å². The summed E-state index contributed by atoms with van der Waals surface area (Å²) < 4.78 is 9.87. The van der Waals surface area contributed by atoms with Gasteiger partial charge in [-0.25, -0.2) is 4.79 Å². The molecule has 4 N–H and O–H groups in total. The van der Waals surface area contributed by atoms with Crippen molar-refractivity contribution in [2.24, 2.45) is 17.6 Å². The normalized spacial score (nSPS) is 27.8. The molecule has 0 bridgehead atoms. The van der Waals surface area contributed by atoms with Crippen molar-refractivity contribution >= 4 is 11.9 Å². The molecule has 7 heteroatoms. The van der Waals surface area contributed by atoms with Crippen LogP contribution in [0.25, 0.3) is 0 Å². The first-order chi connectivity index (χ1) is 14.3. The van der Waals surface area contributed by atoms with E-state index in [1.54, 1.807) is 0 Å². The van der Waals surface area contributed by atoms with Crippen molar-refractivity contribution in [1.29, 1.82) is 0 Å². The largest absolute Gasteiger partial charge is 0.463 e. The highest BCUT2D eigenvalue weighted by Crippen LogP contribution is 2.35. The van der Waals surface area contributed by atoms with Gasteiger partial charge in [-0.1, -0.05) is 6.58 Å². The molecule has 0 aromatic rings. The maximum atomic E-state index is 11.8. The summed E-state index contributed by atoms with van der Waals surface area (Å²) in [7, 11) is 0. The molecule has 0 aromatic heterocycles. The van der Waals surface area contributed by atoms with Gasteiger partial charge in [0.15, 0.2) is 0 Å². The molecule has 0 saturated heterocycles. The maximum absolute atomic E-state index is 11.8. The van der Waals surface area contributed by atoms with Crippen molar-refractivity contribution in [2.75, 3.05) is 19.8 Å². The van der Waals surface area contributed by atoms with Gasteiger partial charge in [-0.2, -0.15) is 0 Å². The minimum Gasteiger partial charge on any atom is -0.463 e. The number of nitrogens with one attached hydrogen (secondary N) is 1. The highest BCUT2D eigenvalue weighted by atomic mass is 16.6. The number of carbonyl (C=O) groups is 2. The maximum Gasteiger partial charge on any atom is 0.333 e. The molecule has 2 aliphatic carbocycles. The number of aliphatic hydroxyl groups excluding tert-OH is 1. The average molecular weight is 425 g/mol. The second-order valence-corrected chi connectivity index (χ2v) is 9.15. The van der Waals surface area contributed by atoms with Gasteiger partial charge in [0, 0.05) is 24.2 Å². The molecule has 2 rings (SSSR count). The zero-order valence-electron chi connectivity index (χ0n) is 18.4. The Morgan fingerprint density at radius 1 is 1.03 bits per heavy atom. The lowest BCUT2D eigenvalue weighted by atomic mass is 9.76. The van der Waals surface area contributed by atoms with Crippen LogP contribution in [0, 0.1) is 11.8 Å². The molecule has 30 heavy (non-hydrogen) atoms. The lowest BCUT2D eigenvalue weighted by molar-refractivity contribution is -0.150. The molecule has 1 unspecified atom stereocenters. The Balaban J connectivity index is 1.49. The van der Waals surface area contributed by atoms with Crippen LogP contribution >= 0.6 is 0 Å². The molecule has 2 aliphatic rings. The number of rotatable bonds is 11. The Morgan fingerprint density at radius 3 is 2.20 bits per heavy atom. The quantitative estimate of drug-likeness (QED) is 0.345. The van der Waals surface area contributed by atoms with Gasteiger partial charge in [-0.15, -0.1) is 0 Å². The number of ether oxygens (including phenoxy) is 2. The Hall–Kier alpha value is -1.44. The molecular formula is C23H40N2O5. The minimum absolute atomic E-state index is 0.181. The highest BCUT2D eigenvalue weighted by molar-refractivity contribution is 5.86. The Kier molecular flexibility index (Phi) is 10.8. The van der Waals surface area contributed by atoms with E-state index >= 15 is 0 Å². The number of aliphatic hydroxyl groups is 1. The molecule has 1 atom stereocenters. The standard InChI is InChI=1S/C23H40N2O5/c1-16(2)23(28)30-15-21(26)14-29-22(27)11-12-25-20-9-5-18(6-10-20)13-17-3-7-19(24)8-4-17/h17-21,25-26H,1,3-15,24H2,2H3. The number of carbonyl (C=O) groups excluding carboxylic acids is 2. The fourth-order valence-electron chi connectivity index (χ4n) is 4.48. The van der Waals surface area contributed by atoms with Crippen LogP contribution in [0.4, 0.5) is 0 Å². The first-order valence-electron chi connectivity index (χ1n) is 11.5. The molecule has 0 aliphatic heterocycles. The van der Waals surface area contributed by atoms with E-state index in [4.69, 9.17) is 15.2 Å². The van der Waals surface area contributed by atoms with Gasteiger partial charge in [0.1, 0.15) is 19.3 Å². The lowest BCUT2D eigenvalue weighted by Crippen LogP contribution is -2.35. The fraction of sp³-hybridized carbons (Fsp3) is 0.826. The molecule has 0 aromatic carbocycles. The lowest BCUT2D eigenvalue weighted by Gasteiger charge is -2.33. The zero-order valence-corrected chi connectivity index (χ0v) is 18.4. The van der Waals surface area contributed by atoms with Crippen LogP contribution in [-0.2, 0) is 19.1 Å². The van der Waals surface area contributed by atoms with Crippen molar-refractivity contribution in [2.45, 2.75) is 89.3 Å². The van der Waals surface area contributed by atoms with Gasteiger partial charge in [0.2, 0.25) is 0 Å². The summed E-state index contributed by atoms with van der Waals surface area (Å²) in [6, 6.07) is 0.899. The predicted molar refractivity (Wildman–Crippen MR) is 116 cm³/mol. The van der Waals surface area contributed by atoms with E-state index in [1.807, 2.05) is 0 Å². The summed E-state index contributed by atoms with van der Waals surface area (Å²) in [5, 5.41) is 13.2. The SMILES string of the molecule is C=C(C)C(=O)OCC(O)COC(=O)CCNC1CCC(CC2CCC(N)CC2)CC1. The molecule has 2 saturated carbocycles. The van der Waals surface area contributed by atoms with Crippen LogP contribution < -0.4 is 11.1 Å². The van der Waals surface area contributed by atoms with Crippen molar-refractivity contribution in [3.63, 3.8) is 0 Å². The third kappa shape index (κ3) is 9.58. The average Bonchev–Trinajstić information content (AvgIpc) is 2.73. The molecule has 0 heterocycles. The highest BCUT2D eigenvalue weighted by Gasteiger charge is 2.26. The summed E-state index contributed by atoms with van der Waals surface area (Å²) in [5.41, 5.74) is 6.27. The van der Waals surface area contributed by atoms with E-state index < -0.39 is 12.1 Å². The summed E-state index contributed by atoms with van der Waals surface area (Å²) in [6.07, 6.45) is 10.4. The molecule has 0 spiro atoms. The zero-order chi connectivity index (χ0) is 21.9. The molecule has 2 fully saturated rings. The van der Waals surface area contributed by atoms with Crippen LogP contribution in [0.2, 0.25) is 0 Å². The van der Waals surface area contributed by atoms with Crippen molar-refractivity contribution in [1.82, 2.24) is 5.32 Å². The smallest absolute Gasteiger partial charge is 0.333 e. The molecule has 0 radical (unpaired) electrons. The third-order valence-corrected chi connectivity index (χ3v) is 6.36. The molecule has 7 nitrogen and oxygen atoms in total. The van der Waals surface area contributed by atoms with E-state index in [2.05, 4.69) is 11.9 Å². The summed E-state index contributed by atoms with van der Waals surface area (Å²) >= 11 is 0. The van der Waals surface area contributed by atoms with Gasteiger partial charge >= 0.3 is 11.9 Å². The number of hydrogen-bond acceptors (Lipinski definition) is 7. The molecule has 172 valence electrons. The van der Waals surface area contributed by atoms with E-state index in [-0.39, 0.29) is 31.2 Å².